The van der Waals surface area contributed by atoms with E-state index in [9.17, 15) is 14.9 Å². The number of benzene rings is 1. The van der Waals surface area contributed by atoms with Gasteiger partial charge in [0.25, 0.3) is 5.91 Å². The highest BCUT2D eigenvalue weighted by molar-refractivity contribution is 6.00. The molecular formula is C11H12N6O3. The van der Waals surface area contributed by atoms with Gasteiger partial charge in [-0.2, -0.15) is 5.10 Å². The molecule has 1 aromatic heterocycles. The first-order valence-electron chi connectivity index (χ1n) is 5.63. The highest BCUT2D eigenvalue weighted by Crippen LogP contribution is 2.26. The molecular weight excluding hydrogens is 264 g/mol. The van der Waals surface area contributed by atoms with Crippen molar-refractivity contribution in [3.8, 4) is 0 Å². The maximum absolute atomic E-state index is 12.3. The number of nitrogens with one attached hydrogen (secondary N) is 1. The average Bonchev–Trinajstić information content (AvgIpc) is 2.89. The van der Waals surface area contributed by atoms with E-state index < -0.39 is 10.8 Å². The topological polar surface area (TPSA) is 131 Å². The molecule has 104 valence electrons. The van der Waals surface area contributed by atoms with E-state index in [0.29, 0.717) is 5.82 Å². The van der Waals surface area contributed by atoms with Gasteiger partial charge in [0.2, 0.25) is 0 Å². The van der Waals surface area contributed by atoms with Gasteiger partial charge in [0.1, 0.15) is 23.4 Å². The van der Waals surface area contributed by atoms with Crippen LogP contribution in [0.15, 0.2) is 24.5 Å². The van der Waals surface area contributed by atoms with E-state index >= 15 is 0 Å². The van der Waals surface area contributed by atoms with Gasteiger partial charge in [0.05, 0.1) is 11.5 Å². The maximum atomic E-state index is 12.3. The molecule has 1 amide bonds. The molecule has 0 saturated heterocycles. The van der Waals surface area contributed by atoms with E-state index in [4.69, 9.17) is 5.73 Å². The molecule has 9 heteroatoms. The molecule has 3 N–H and O–H groups in total. The van der Waals surface area contributed by atoms with Crippen molar-refractivity contribution in [2.75, 3.05) is 12.8 Å². The van der Waals surface area contributed by atoms with Crippen molar-refractivity contribution in [1.29, 1.82) is 0 Å². The van der Waals surface area contributed by atoms with E-state index in [1.165, 1.54) is 36.5 Å². The highest BCUT2D eigenvalue weighted by Gasteiger charge is 2.25. The summed E-state index contributed by atoms with van der Waals surface area (Å²) in [4.78, 5) is 27.8. The van der Waals surface area contributed by atoms with Crippen LogP contribution < -0.4 is 5.73 Å². The highest BCUT2D eigenvalue weighted by atomic mass is 16.6. The summed E-state index contributed by atoms with van der Waals surface area (Å²) in [7, 11) is 1.51. The fraction of sp³-hybridized carbons (Fsp3) is 0.182. The SMILES string of the molecule is CN(Cc1ncn[nH]1)C(=O)c1cccc(N)c1[N+](=O)[O-]. The van der Waals surface area contributed by atoms with Crippen molar-refractivity contribution in [3.05, 3.63) is 46.0 Å². The molecule has 2 aromatic rings. The van der Waals surface area contributed by atoms with Gasteiger partial charge < -0.3 is 10.6 Å². The van der Waals surface area contributed by atoms with Gasteiger partial charge in [-0.1, -0.05) is 6.07 Å². The zero-order valence-electron chi connectivity index (χ0n) is 10.6. The van der Waals surface area contributed by atoms with Crippen LogP contribution in [0.2, 0.25) is 0 Å². The first-order chi connectivity index (χ1) is 9.50. The Morgan fingerprint density at radius 3 is 2.90 bits per heavy atom. The number of carbonyl (C=O) groups is 1. The van der Waals surface area contributed by atoms with Gasteiger partial charge in [0, 0.05) is 7.05 Å². The fourth-order valence-electron chi connectivity index (χ4n) is 1.75. The summed E-state index contributed by atoms with van der Waals surface area (Å²) in [5.41, 5.74) is 5.06. The molecule has 0 aliphatic rings. The average molecular weight is 276 g/mol. The molecule has 2 rings (SSSR count). The van der Waals surface area contributed by atoms with Crippen molar-refractivity contribution in [3.63, 3.8) is 0 Å². The first-order valence-corrected chi connectivity index (χ1v) is 5.63. The molecule has 0 fully saturated rings. The van der Waals surface area contributed by atoms with Gasteiger partial charge in [-0.05, 0) is 12.1 Å². The third-order valence-corrected chi connectivity index (χ3v) is 2.68. The standard InChI is InChI=1S/C11H12N6O3/c1-16(5-9-13-6-14-15-9)11(18)7-3-2-4-8(12)10(7)17(19)20/h2-4,6H,5,12H2,1H3,(H,13,14,15). The maximum Gasteiger partial charge on any atom is 0.304 e. The first kappa shape index (κ1) is 13.5. The quantitative estimate of drug-likeness (QED) is 0.476. The second kappa shape index (κ2) is 5.34. The molecule has 0 atom stereocenters. The third kappa shape index (κ3) is 2.55. The van der Waals surface area contributed by atoms with Crippen molar-refractivity contribution >= 4 is 17.3 Å². The smallest absolute Gasteiger partial charge is 0.304 e. The predicted octanol–water partition coefficient (Wildman–Crippen LogP) is 0.567. The summed E-state index contributed by atoms with van der Waals surface area (Å²) in [5, 5.41) is 17.3. The molecule has 0 spiro atoms. The van der Waals surface area contributed by atoms with Gasteiger partial charge >= 0.3 is 5.69 Å². The Hall–Kier alpha value is -2.97. The van der Waals surface area contributed by atoms with Crippen molar-refractivity contribution in [2.45, 2.75) is 6.54 Å². The molecule has 0 saturated carbocycles. The second-order valence-electron chi connectivity index (χ2n) is 4.09. The number of carbonyl (C=O) groups excluding carboxylic acids is 1. The summed E-state index contributed by atoms with van der Waals surface area (Å²) >= 11 is 0. The number of nitrogens with zero attached hydrogens (tertiary/aromatic N) is 4. The number of nitrogens with two attached hydrogens (primary N) is 1. The lowest BCUT2D eigenvalue weighted by molar-refractivity contribution is -0.384. The third-order valence-electron chi connectivity index (χ3n) is 2.68. The van der Waals surface area contributed by atoms with Crippen LogP contribution in [-0.2, 0) is 6.54 Å². The molecule has 1 aromatic carbocycles. The van der Waals surface area contributed by atoms with Gasteiger partial charge in [-0.15, -0.1) is 0 Å². The molecule has 0 bridgehead atoms. The number of aromatic nitrogens is 3. The Kier molecular flexibility index (Phi) is 3.60. The number of nitrogen functional groups attached to an aromatic ring is 1. The lowest BCUT2D eigenvalue weighted by Gasteiger charge is -2.15. The minimum absolute atomic E-state index is 0.0473. The van der Waals surface area contributed by atoms with Gasteiger partial charge in [-0.3, -0.25) is 20.0 Å². The van der Waals surface area contributed by atoms with E-state index in [1.54, 1.807) is 0 Å². The number of amides is 1. The molecule has 0 radical (unpaired) electrons. The molecule has 0 aliphatic heterocycles. The Bertz CT molecular complexity index is 640. The normalized spacial score (nSPS) is 10.2. The van der Waals surface area contributed by atoms with Crippen LogP contribution in [0.4, 0.5) is 11.4 Å². The molecule has 0 aliphatic carbocycles. The number of hydrogen-bond donors (Lipinski definition) is 2. The van der Waals surface area contributed by atoms with E-state index in [0.717, 1.165) is 0 Å². The molecule has 0 unspecified atom stereocenters. The predicted molar refractivity (Wildman–Crippen MR) is 69.7 cm³/mol. The molecule has 20 heavy (non-hydrogen) atoms. The number of anilines is 1. The van der Waals surface area contributed by atoms with Crippen LogP contribution in [0, 0.1) is 10.1 Å². The summed E-state index contributed by atoms with van der Waals surface area (Å²) in [6.45, 7) is 0.158. The lowest BCUT2D eigenvalue weighted by Crippen LogP contribution is -2.27. The summed E-state index contributed by atoms with van der Waals surface area (Å²) < 4.78 is 0. The fourth-order valence-corrected chi connectivity index (χ4v) is 1.75. The number of nitro groups is 1. The van der Waals surface area contributed by atoms with Crippen molar-refractivity contribution in [2.24, 2.45) is 0 Å². The lowest BCUT2D eigenvalue weighted by atomic mass is 10.1. The summed E-state index contributed by atoms with van der Waals surface area (Å²) in [6.07, 6.45) is 1.32. The second-order valence-corrected chi connectivity index (χ2v) is 4.09. The summed E-state index contributed by atoms with van der Waals surface area (Å²) in [5.74, 6) is -0.0344. The Balaban J connectivity index is 2.29. The summed E-state index contributed by atoms with van der Waals surface area (Å²) in [6, 6.07) is 4.25. The minimum atomic E-state index is -0.662. The Morgan fingerprint density at radius 1 is 1.55 bits per heavy atom. The number of nitro benzene ring substituents is 1. The van der Waals surface area contributed by atoms with Crippen molar-refractivity contribution < 1.29 is 9.72 Å². The number of rotatable bonds is 4. The molecule has 1 heterocycles. The number of aromatic amines is 1. The van der Waals surface area contributed by atoms with Crippen LogP contribution in [0.25, 0.3) is 0 Å². The largest absolute Gasteiger partial charge is 0.393 e. The van der Waals surface area contributed by atoms with Crippen LogP contribution in [0.1, 0.15) is 16.2 Å². The van der Waals surface area contributed by atoms with Crippen LogP contribution >= 0.6 is 0 Å². The zero-order valence-corrected chi connectivity index (χ0v) is 10.6. The van der Waals surface area contributed by atoms with E-state index in [-0.39, 0.29) is 23.5 Å². The Morgan fingerprint density at radius 2 is 2.30 bits per heavy atom. The van der Waals surface area contributed by atoms with Gasteiger partial charge in [-0.25, -0.2) is 4.98 Å². The molecule has 9 nitrogen and oxygen atoms in total. The van der Waals surface area contributed by atoms with E-state index in [1.807, 2.05) is 0 Å². The van der Waals surface area contributed by atoms with Crippen LogP contribution in [-0.4, -0.2) is 38.0 Å². The van der Waals surface area contributed by atoms with Crippen LogP contribution in [0.3, 0.4) is 0 Å². The van der Waals surface area contributed by atoms with Gasteiger partial charge in [0.15, 0.2) is 0 Å². The van der Waals surface area contributed by atoms with Crippen LogP contribution in [0.5, 0.6) is 0 Å². The van der Waals surface area contributed by atoms with Crippen molar-refractivity contribution in [1.82, 2.24) is 20.1 Å². The number of para-hydroxylation sites is 1. The van der Waals surface area contributed by atoms with E-state index in [2.05, 4.69) is 15.2 Å². The monoisotopic (exact) mass is 276 g/mol. The number of hydrogen-bond acceptors (Lipinski definition) is 6. The Labute approximate surface area is 113 Å². The number of H-pyrrole nitrogens is 1. The zero-order chi connectivity index (χ0) is 14.7. The minimum Gasteiger partial charge on any atom is -0.393 e.